The molecule has 1 aromatic carbocycles. The van der Waals surface area contributed by atoms with Crippen molar-refractivity contribution in [2.75, 3.05) is 12.3 Å². The maximum Gasteiger partial charge on any atom is 0.157 e. The van der Waals surface area contributed by atoms with Gasteiger partial charge in [-0.15, -0.1) is 0 Å². The van der Waals surface area contributed by atoms with Crippen LogP contribution in [-0.4, -0.2) is 17.5 Å². The van der Waals surface area contributed by atoms with Crippen LogP contribution in [0.15, 0.2) is 23.2 Å². The number of nitrogens with one attached hydrogen (secondary N) is 1. The van der Waals surface area contributed by atoms with Crippen LogP contribution in [0.5, 0.6) is 0 Å². The molecular formula is C13H15FN2S. The zero-order valence-electron chi connectivity index (χ0n) is 9.74. The van der Waals surface area contributed by atoms with E-state index in [2.05, 4.69) is 17.2 Å². The minimum absolute atomic E-state index is 0.0698. The first kappa shape index (κ1) is 11.1. The van der Waals surface area contributed by atoms with Gasteiger partial charge in [0.1, 0.15) is 5.82 Å². The smallest absolute Gasteiger partial charge is 0.157 e. The van der Waals surface area contributed by atoms with E-state index in [1.165, 1.54) is 0 Å². The number of aliphatic imine (C=N–C) groups is 1. The van der Waals surface area contributed by atoms with Crippen molar-refractivity contribution in [3.8, 4) is 0 Å². The molecule has 0 saturated carbocycles. The van der Waals surface area contributed by atoms with E-state index in [1.54, 1.807) is 23.9 Å². The summed E-state index contributed by atoms with van der Waals surface area (Å²) < 4.78 is 13.7. The highest BCUT2D eigenvalue weighted by Gasteiger charge is 2.32. The molecule has 17 heavy (non-hydrogen) atoms. The Labute approximate surface area is 105 Å². The second kappa shape index (κ2) is 4.33. The van der Waals surface area contributed by atoms with Gasteiger partial charge in [-0.25, -0.2) is 4.39 Å². The number of hydrogen-bond donors (Lipinski definition) is 1. The molecule has 1 aliphatic heterocycles. The average molecular weight is 250 g/mol. The molecule has 1 heterocycles. The quantitative estimate of drug-likeness (QED) is 0.829. The van der Waals surface area contributed by atoms with Crippen LogP contribution in [0, 0.1) is 11.7 Å². The molecule has 0 spiro atoms. The van der Waals surface area contributed by atoms with E-state index in [-0.39, 0.29) is 11.9 Å². The molecule has 0 aromatic heterocycles. The van der Waals surface area contributed by atoms with Crippen LogP contribution in [0.3, 0.4) is 0 Å². The molecule has 2 atom stereocenters. The van der Waals surface area contributed by atoms with E-state index in [0.717, 1.165) is 35.0 Å². The van der Waals surface area contributed by atoms with Crippen molar-refractivity contribution < 1.29 is 4.39 Å². The number of hydrogen-bond acceptors (Lipinski definition) is 3. The predicted molar refractivity (Wildman–Crippen MR) is 69.9 cm³/mol. The van der Waals surface area contributed by atoms with Gasteiger partial charge in [-0.1, -0.05) is 30.8 Å². The van der Waals surface area contributed by atoms with E-state index < -0.39 is 0 Å². The standard InChI is InChI=1S/C13H15FN2S/c1-8-7-10-9(3-2-4-11(10)14)12(8)16-13-15-5-6-17-13/h2-4,8,12H,5-7H2,1H3,(H,15,16). The summed E-state index contributed by atoms with van der Waals surface area (Å²) in [6, 6.07) is 5.59. The minimum atomic E-state index is -0.0698. The lowest BCUT2D eigenvalue weighted by Crippen LogP contribution is -2.27. The highest BCUT2D eigenvalue weighted by molar-refractivity contribution is 8.14. The van der Waals surface area contributed by atoms with Gasteiger partial charge in [-0.3, -0.25) is 4.99 Å². The summed E-state index contributed by atoms with van der Waals surface area (Å²) in [7, 11) is 0. The Morgan fingerprint density at radius 2 is 2.35 bits per heavy atom. The summed E-state index contributed by atoms with van der Waals surface area (Å²) in [5.41, 5.74) is 1.98. The Balaban J connectivity index is 1.89. The van der Waals surface area contributed by atoms with Gasteiger partial charge in [0.05, 0.1) is 12.6 Å². The van der Waals surface area contributed by atoms with E-state index in [9.17, 15) is 4.39 Å². The second-order valence-electron chi connectivity index (χ2n) is 4.65. The number of rotatable bonds is 1. The largest absolute Gasteiger partial charge is 0.358 e. The maximum atomic E-state index is 13.7. The number of benzene rings is 1. The maximum absolute atomic E-state index is 13.7. The lowest BCUT2D eigenvalue weighted by atomic mass is 10.0. The van der Waals surface area contributed by atoms with Gasteiger partial charge in [-0.05, 0) is 29.5 Å². The average Bonchev–Trinajstić information content (AvgIpc) is 2.91. The fourth-order valence-corrected chi connectivity index (χ4v) is 3.37. The molecule has 0 saturated heterocycles. The van der Waals surface area contributed by atoms with Crippen molar-refractivity contribution >= 4 is 16.9 Å². The van der Waals surface area contributed by atoms with Gasteiger partial charge in [-0.2, -0.15) is 0 Å². The fraction of sp³-hybridized carbons (Fsp3) is 0.462. The van der Waals surface area contributed by atoms with Crippen LogP contribution >= 0.6 is 11.8 Å². The molecule has 1 N–H and O–H groups in total. The van der Waals surface area contributed by atoms with Gasteiger partial charge < -0.3 is 5.32 Å². The monoisotopic (exact) mass is 250 g/mol. The van der Waals surface area contributed by atoms with Crippen molar-refractivity contribution in [2.45, 2.75) is 19.4 Å². The van der Waals surface area contributed by atoms with Gasteiger partial charge in [0.15, 0.2) is 5.17 Å². The van der Waals surface area contributed by atoms with E-state index in [0.29, 0.717) is 5.92 Å². The van der Waals surface area contributed by atoms with Crippen molar-refractivity contribution in [1.82, 2.24) is 5.32 Å². The van der Waals surface area contributed by atoms with Crippen molar-refractivity contribution in [3.05, 3.63) is 35.1 Å². The SMILES string of the molecule is CC1Cc2c(F)cccc2C1NC1=NCCS1. The first-order valence-electron chi connectivity index (χ1n) is 5.97. The molecule has 0 bridgehead atoms. The van der Waals surface area contributed by atoms with E-state index >= 15 is 0 Å². The molecule has 0 amide bonds. The highest BCUT2D eigenvalue weighted by Crippen LogP contribution is 2.37. The van der Waals surface area contributed by atoms with Crippen molar-refractivity contribution in [3.63, 3.8) is 0 Å². The van der Waals surface area contributed by atoms with Gasteiger partial charge in [0, 0.05) is 5.75 Å². The number of fused-ring (bicyclic) bond motifs is 1. The summed E-state index contributed by atoms with van der Waals surface area (Å²) in [5, 5.41) is 4.47. The van der Waals surface area contributed by atoms with Crippen LogP contribution in [-0.2, 0) is 6.42 Å². The summed E-state index contributed by atoms with van der Waals surface area (Å²) in [5.74, 6) is 1.41. The molecule has 2 unspecified atom stereocenters. The number of halogens is 1. The molecule has 0 fully saturated rings. The Bertz CT molecular complexity index is 472. The van der Waals surface area contributed by atoms with E-state index in [4.69, 9.17) is 0 Å². The van der Waals surface area contributed by atoms with Crippen LogP contribution < -0.4 is 5.32 Å². The molecule has 1 aromatic rings. The van der Waals surface area contributed by atoms with Gasteiger partial charge in [0.25, 0.3) is 0 Å². The third kappa shape index (κ3) is 1.95. The molecule has 0 radical (unpaired) electrons. The number of thioether (sulfide) groups is 1. The predicted octanol–water partition coefficient (Wildman–Crippen LogP) is 2.75. The number of amidine groups is 1. The Kier molecular flexibility index (Phi) is 2.82. The molecule has 2 aliphatic rings. The Hall–Kier alpha value is -1.03. The van der Waals surface area contributed by atoms with Crippen molar-refractivity contribution in [2.24, 2.45) is 10.9 Å². The van der Waals surface area contributed by atoms with Gasteiger partial charge >= 0.3 is 0 Å². The topological polar surface area (TPSA) is 24.4 Å². The summed E-state index contributed by atoms with van der Waals surface area (Å²) in [6.45, 7) is 3.06. The van der Waals surface area contributed by atoms with Gasteiger partial charge in [0.2, 0.25) is 0 Å². The van der Waals surface area contributed by atoms with Crippen LogP contribution in [0.25, 0.3) is 0 Å². The molecule has 1 aliphatic carbocycles. The highest BCUT2D eigenvalue weighted by atomic mass is 32.2. The lowest BCUT2D eigenvalue weighted by molar-refractivity contribution is 0.474. The first-order chi connectivity index (χ1) is 8.25. The fourth-order valence-electron chi connectivity index (χ4n) is 2.60. The molecule has 2 nitrogen and oxygen atoms in total. The van der Waals surface area contributed by atoms with Crippen molar-refractivity contribution in [1.29, 1.82) is 0 Å². The Morgan fingerprint density at radius 3 is 3.12 bits per heavy atom. The third-order valence-corrected chi connectivity index (χ3v) is 4.36. The van der Waals surface area contributed by atoms with E-state index in [1.807, 2.05) is 6.07 Å². The summed E-state index contributed by atoms with van der Waals surface area (Å²) >= 11 is 1.76. The minimum Gasteiger partial charge on any atom is -0.358 e. The molecule has 90 valence electrons. The molecule has 3 rings (SSSR count). The Morgan fingerprint density at radius 1 is 1.47 bits per heavy atom. The number of nitrogens with zero attached hydrogens (tertiary/aromatic N) is 1. The summed E-state index contributed by atoms with van der Waals surface area (Å²) in [4.78, 5) is 4.40. The molecular weight excluding hydrogens is 235 g/mol. The zero-order chi connectivity index (χ0) is 11.8. The van der Waals surface area contributed by atoms with Crippen LogP contribution in [0.2, 0.25) is 0 Å². The third-order valence-electron chi connectivity index (χ3n) is 3.45. The normalized spacial score (nSPS) is 26.8. The lowest BCUT2D eigenvalue weighted by Gasteiger charge is -2.19. The van der Waals surface area contributed by atoms with Crippen LogP contribution in [0.4, 0.5) is 4.39 Å². The first-order valence-corrected chi connectivity index (χ1v) is 6.95. The van der Waals surface area contributed by atoms with Crippen LogP contribution in [0.1, 0.15) is 24.1 Å². The molecule has 4 heteroatoms. The second-order valence-corrected chi connectivity index (χ2v) is 5.73. The zero-order valence-corrected chi connectivity index (χ0v) is 10.6. The summed E-state index contributed by atoms with van der Waals surface area (Å²) in [6.07, 6.45) is 0.817.